The summed E-state index contributed by atoms with van der Waals surface area (Å²) in [5, 5.41) is 2.80. The second kappa shape index (κ2) is 9.71. The lowest BCUT2D eigenvalue weighted by Crippen LogP contribution is -2.28. The van der Waals surface area contributed by atoms with Crippen molar-refractivity contribution in [3.63, 3.8) is 0 Å². The minimum atomic E-state index is -0.136. The molecule has 0 saturated carbocycles. The first-order valence-corrected chi connectivity index (χ1v) is 11.3. The first-order chi connectivity index (χ1) is 15.2. The monoisotopic (exact) mass is 432 g/mol. The van der Waals surface area contributed by atoms with Crippen LogP contribution < -0.4 is 15.0 Å². The van der Waals surface area contributed by atoms with E-state index in [1.165, 1.54) is 0 Å². The van der Waals surface area contributed by atoms with E-state index < -0.39 is 0 Å². The summed E-state index contributed by atoms with van der Waals surface area (Å²) < 4.78 is 5.74. The van der Waals surface area contributed by atoms with Gasteiger partial charge in [0.2, 0.25) is 11.8 Å². The zero-order chi connectivity index (χ0) is 21.6. The van der Waals surface area contributed by atoms with E-state index in [4.69, 9.17) is 4.74 Å². The van der Waals surface area contributed by atoms with Crippen LogP contribution in [-0.4, -0.2) is 24.2 Å². The molecule has 1 saturated heterocycles. The van der Waals surface area contributed by atoms with Crippen molar-refractivity contribution < 1.29 is 14.3 Å². The van der Waals surface area contributed by atoms with Crippen LogP contribution in [0.2, 0.25) is 0 Å². The van der Waals surface area contributed by atoms with E-state index in [0.29, 0.717) is 24.5 Å². The second-order valence-corrected chi connectivity index (χ2v) is 8.23. The van der Waals surface area contributed by atoms with Gasteiger partial charge in [-0.15, -0.1) is 11.8 Å². The number of benzene rings is 3. The molecule has 0 bridgehead atoms. The van der Waals surface area contributed by atoms with Crippen LogP contribution in [0.4, 0.5) is 11.4 Å². The number of hydrogen-bond donors (Lipinski definition) is 1. The van der Waals surface area contributed by atoms with Gasteiger partial charge in [-0.3, -0.25) is 14.5 Å². The van der Waals surface area contributed by atoms with Gasteiger partial charge in [0.05, 0.1) is 24.5 Å². The largest absolute Gasteiger partial charge is 0.492 e. The Bertz CT molecular complexity index is 1050. The predicted molar refractivity (Wildman–Crippen MR) is 126 cm³/mol. The van der Waals surface area contributed by atoms with Crippen LogP contribution in [0.25, 0.3) is 0 Å². The maximum atomic E-state index is 12.7. The Balaban J connectivity index is 1.49. The number of nitrogens with one attached hydrogen (secondary N) is 1. The molecule has 1 aliphatic heterocycles. The lowest BCUT2D eigenvalue weighted by molar-refractivity contribution is -0.116. The number of carbonyl (C=O) groups is 2. The number of para-hydroxylation sites is 2. The molecule has 0 aromatic heterocycles. The van der Waals surface area contributed by atoms with Crippen LogP contribution in [0.1, 0.15) is 23.4 Å². The molecular weight excluding hydrogens is 408 g/mol. The van der Waals surface area contributed by atoms with Gasteiger partial charge >= 0.3 is 0 Å². The van der Waals surface area contributed by atoms with Gasteiger partial charge in [0, 0.05) is 5.69 Å². The molecule has 1 fully saturated rings. The average Bonchev–Trinajstić information content (AvgIpc) is 3.17. The first kappa shape index (κ1) is 21.0. The van der Waals surface area contributed by atoms with Crippen LogP contribution in [0.3, 0.4) is 0 Å². The van der Waals surface area contributed by atoms with Crippen molar-refractivity contribution in [2.24, 2.45) is 0 Å². The van der Waals surface area contributed by atoms with Gasteiger partial charge in [0.1, 0.15) is 11.1 Å². The maximum Gasteiger partial charge on any atom is 0.238 e. The molecule has 0 aliphatic carbocycles. The number of ether oxygens (including phenoxy) is 1. The van der Waals surface area contributed by atoms with Gasteiger partial charge in [-0.1, -0.05) is 54.6 Å². The molecule has 6 heteroatoms. The number of nitrogens with zero attached hydrogens (tertiary/aromatic N) is 1. The number of hydrogen-bond acceptors (Lipinski definition) is 4. The molecule has 3 aromatic rings. The molecule has 5 nitrogen and oxygen atoms in total. The van der Waals surface area contributed by atoms with E-state index in [1.807, 2.05) is 85.8 Å². The van der Waals surface area contributed by atoms with E-state index in [0.717, 1.165) is 22.5 Å². The third-order valence-corrected chi connectivity index (χ3v) is 6.19. The molecule has 2 amide bonds. The fourth-order valence-corrected chi connectivity index (χ4v) is 4.75. The van der Waals surface area contributed by atoms with Crippen molar-refractivity contribution in [2.45, 2.75) is 18.7 Å². The SMILES string of the molecule is CCOc1ccccc1N1C(=O)CSC1c1ccc(NC(=O)Cc2ccccc2)cc1. The lowest BCUT2D eigenvalue weighted by atomic mass is 10.1. The van der Waals surface area contributed by atoms with Crippen molar-refractivity contribution in [1.82, 2.24) is 0 Å². The molecule has 4 rings (SSSR count). The van der Waals surface area contributed by atoms with Crippen molar-refractivity contribution in [3.05, 3.63) is 90.0 Å². The summed E-state index contributed by atoms with van der Waals surface area (Å²) in [6, 6.07) is 25.0. The first-order valence-electron chi connectivity index (χ1n) is 10.2. The number of rotatable bonds is 7. The second-order valence-electron chi connectivity index (χ2n) is 7.16. The standard InChI is InChI=1S/C25H24N2O3S/c1-2-30-22-11-7-6-10-21(22)27-24(29)17-31-25(27)19-12-14-20(15-13-19)26-23(28)16-18-8-4-3-5-9-18/h3-15,25H,2,16-17H2,1H3,(H,26,28). The maximum absolute atomic E-state index is 12.7. The highest BCUT2D eigenvalue weighted by atomic mass is 32.2. The molecule has 1 heterocycles. The summed E-state index contributed by atoms with van der Waals surface area (Å²) in [7, 11) is 0. The molecule has 0 radical (unpaired) electrons. The predicted octanol–water partition coefficient (Wildman–Crippen LogP) is 5.05. The normalized spacial score (nSPS) is 15.7. The minimum Gasteiger partial charge on any atom is -0.492 e. The van der Waals surface area contributed by atoms with Crippen LogP contribution >= 0.6 is 11.8 Å². The summed E-state index contributed by atoms with van der Waals surface area (Å²) in [4.78, 5) is 26.8. The van der Waals surface area contributed by atoms with Crippen LogP contribution in [0.15, 0.2) is 78.9 Å². The van der Waals surface area contributed by atoms with Crippen molar-refractivity contribution in [2.75, 3.05) is 22.6 Å². The Morgan fingerprint density at radius 2 is 1.74 bits per heavy atom. The molecule has 158 valence electrons. The topological polar surface area (TPSA) is 58.6 Å². The van der Waals surface area contributed by atoms with Crippen molar-refractivity contribution >= 4 is 35.0 Å². The Morgan fingerprint density at radius 3 is 2.48 bits per heavy atom. The highest BCUT2D eigenvalue weighted by Crippen LogP contribution is 2.44. The molecule has 1 atom stereocenters. The Hall–Kier alpha value is -3.25. The number of anilines is 2. The summed E-state index contributed by atoms with van der Waals surface area (Å²) in [5.41, 5.74) is 3.49. The van der Waals surface area contributed by atoms with Gasteiger partial charge in [0.15, 0.2) is 0 Å². The van der Waals surface area contributed by atoms with Crippen LogP contribution in [0, 0.1) is 0 Å². The smallest absolute Gasteiger partial charge is 0.238 e. The average molecular weight is 433 g/mol. The molecular formula is C25H24N2O3S. The van der Waals surface area contributed by atoms with E-state index in [2.05, 4.69) is 5.32 Å². The zero-order valence-electron chi connectivity index (χ0n) is 17.3. The van der Waals surface area contributed by atoms with Gasteiger partial charge in [-0.2, -0.15) is 0 Å². The molecule has 31 heavy (non-hydrogen) atoms. The summed E-state index contributed by atoms with van der Waals surface area (Å²) in [6.07, 6.45) is 0.331. The number of amides is 2. The van der Waals surface area contributed by atoms with Crippen molar-refractivity contribution in [3.8, 4) is 5.75 Å². The minimum absolute atomic E-state index is 0.0578. The Kier molecular flexibility index (Phi) is 6.57. The third-order valence-electron chi connectivity index (χ3n) is 4.98. The van der Waals surface area contributed by atoms with E-state index in [1.54, 1.807) is 16.7 Å². The van der Waals surface area contributed by atoms with Gasteiger partial charge in [-0.25, -0.2) is 0 Å². The Labute approximate surface area is 186 Å². The molecule has 1 aliphatic rings. The highest BCUT2D eigenvalue weighted by molar-refractivity contribution is 8.00. The van der Waals surface area contributed by atoms with E-state index in [9.17, 15) is 9.59 Å². The van der Waals surface area contributed by atoms with Crippen LogP contribution in [-0.2, 0) is 16.0 Å². The van der Waals surface area contributed by atoms with Crippen molar-refractivity contribution in [1.29, 1.82) is 0 Å². The molecule has 1 N–H and O–H groups in total. The molecule has 3 aromatic carbocycles. The van der Waals surface area contributed by atoms with Crippen LogP contribution in [0.5, 0.6) is 5.75 Å². The quantitative estimate of drug-likeness (QED) is 0.568. The van der Waals surface area contributed by atoms with Gasteiger partial charge in [-0.05, 0) is 42.3 Å². The fraction of sp³-hybridized carbons (Fsp3) is 0.200. The third kappa shape index (κ3) is 4.91. The zero-order valence-corrected chi connectivity index (χ0v) is 18.1. The van der Waals surface area contributed by atoms with Gasteiger partial charge in [0.25, 0.3) is 0 Å². The summed E-state index contributed by atoms with van der Waals surface area (Å²) in [5.74, 6) is 1.12. The highest BCUT2D eigenvalue weighted by Gasteiger charge is 2.35. The summed E-state index contributed by atoms with van der Waals surface area (Å²) in [6.45, 7) is 2.47. The Morgan fingerprint density at radius 1 is 1.03 bits per heavy atom. The number of carbonyl (C=O) groups excluding carboxylic acids is 2. The molecule has 0 spiro atoms. The fourth-order valence-electron chi connectivity index (χ4n) is 3.58. The molecule has 1 unspecified atom stereocenters. The number of thioether (sulfide) groups is 1. The van der Waals surface area contributed by atoms with Gasteiger partial charge < -0.3 is 10.1 Å². The summed E-state index contributed by atoms with van der Waals surface area (Å²) >= 11 is 1.59. The van der Waals surface area contributed by atoms with E-state index >= 15 is 0 Å². The lowest BCUT2D eigenvalue weighted by Gasteiger charge is -2.26. The van der Waals surface area contributed by atoms with E-state index in [-0.39, 0.29) is 17.2 Å².